The number of nitrogens with one attached hydrogen (secondary N) is 1. The summed E-state index contributed by atoms with van der Waals surface area (Å²) >= 11 is 2.08. The summed E-state index contributed by atoms with van der Waals surface area (Å²) in [5, 5.41) is 2.81. The van der Waals surface area contributed by atoms with Gasteiger partial charge in [0.2, 0.25) is 5.91 Å². The van der Waals surface area contributed by atoms with Crippen LogP contribution >= 0.6 is 22.6 Å². The van der Waals surface area contributed by atoms with E-state index < -0.39 is 0 Å². The Labute approximate surface area is 119 Å². The van der Waals surface area contributed by atoms with Crippen molar-refractivity contribution in [1.29, 1.82) is 0 Å². The molecule has 92 valence electrons. The normalized spacial score (nSPS) is 10.7. The molecule has 0 aliphatic heterocycles. The summed E-state index contributed by atoms with van der Waals surface area (Å²) in [4.78, 5) is 11.6. The molecule has 0 aliphatic rings. The largest absolute Gasteiger partial charge is 0.451 e. The highest BCUT2D eigenvalue weighted by atomic mass is 127. The summed E-state index contributed by atoms with van der Waals surface area (Å²) in [6, 6.07) is 13.5. The Morgan fingerprint density at radius 3 is 2.67 bits per heavy atom. The van der Waals surface area contributed by atoms with Crippen LogP contribution in [-0.4, -0.2) is 5.91 Å². The van der Waals surface area contributed by atoms with Crippen molar-refractivity contribution in [3.05, 3.63) is 63.6 Å². The van der Waals surface area contributed by atoms with Crippen LogP contribution in [0.4, 0.5) is 0 Å². The van der Waals surface area contributed by atoms with Crippen LogP contribution in [0.1, 0.15) is 11.3 Å². The monoisotopic (exact) mass is 353 g/mol. The number of hydrogen-bond acceptors (Lipinski definition) is 2. The average molecular weight is 353 g/mol. The van der Waals surface area contributed by atoms with Crippen molar-refractivity contribution in [2.24, 2.45) is 0 Å². The number of amides is 1. The van der Waals surface area contributed by atoms with Crippen molar-refractivity contribution in [3.8, 4) is 0 Å². The van der Waals surface area contributed by atoms with E-state index in [1.54, 1.807) is 6.08 Å². The molecule has 0 unspecified atom stereocenters. The standard InChI is InChI=1S/C14H12INO2/c15-13-8-6-12(18-13)7-9-14(17)16-10-11-4-2-1-3-5-11/h1-9H,10H2,(H,16,17)/b9-7+. The van der Waals surface area contributed by atoms with Gasteiger partial charge in [0.25, 0.3) is 0 Å². The fourth-order valence-electron chi connectivity index (χ4n) is 1.42. The molecule has 0 aliphatic carbocycles. The molecule has 1 aromatic carbocycles. The first-order valence-corrected chi connectivity index (χ1v) is 6.57. The number of benzene rings is 1. The third-order valence-electron chi connectivity index (χ3n) is 2.30. The highest BCUT2D eigenvalue weighted by Gasteiger charge is 1.98. The van der Waals surface area contributed by atoms with E-state index in [1.165, 1.54) is 6.08 Å². The molecule has 0 bridgehead atoms. The van der Waals surface area contributed by atoms with Crippen LogP contribution in [0, 0.1) is 3.77 Å². The van der Waals surface area contributed by atoms with Crippen LogP contribution in [0.5, 0.6) is 0 Å². The zero-order chi connectivity index (χ0) is 12.8. The van der Waals surface area contributed by atoms with E-state index in [2.05, 4.69) is 27.9 Å². The number of carbonyl (C=O) groups is 1. The molecule has 0 spiro atoms. The van der Waals surface area contributed by atoms with Crippen LogP contribution < -0.4 is 5.32 Å². The SMILES string of the molecule is O=C(/C=C/c1ccc(I)o1)NCc1ccccc1. The van der Waals surface area contributed by atoms with E-state index >= 15 is 0 Å². The summed E-state index contributed by atoms with van der Waals surface area (Å²) in [6.07, 6.45) is 3.13. The molecule has 1 heterocycles. The first-order chi connectivity index (χ1) is 8.74. The van der Waals surface area contributed by atoms with Crippen molar-refractivity contribution < 1.29 is 9.21 Å². The van der Waals surface area contributed by atoms with Gasteiger partial charge >= 0.3 is 0 Å². The zero-order valence-electron chi connectivity index (χ0n) is 9.60. The van der Waals surface area contributed by atoms with Gasteiger partial charge < -0.3 is 9.73 Å². The Morgan fingerprint density at radius 1 is 1.22 bits per heavy atom. The van der Waals surface area contributed by atoms with Gasteiger partial charge in [-0.3, -0.25) is 4.79 Å². The van der Waals surface area contributed by atoms with Gasteiger partial charge in [0, 0.05) is 12.6 Å². The smallest absolute Gasteiger partial charge is 0.244 e. The zero-order valence-corrected chi connectivity index (χ0v) is 11.8. The van der Waals surface area contributed by atoms with Gasteiger partial charge in [-0.25, -0.2) is 0 Å². The molecule has 3 nitrogen and oxygen atoms in total. The fourth-order valence-corrected chi connectivity index (χ4v) is 1.85. The van der Waals surface area contributed by atoms with Gasteiger partial charge in [-0.1, -0.05) is 30.3 Å². The molecule has 4 heteroatoms. The van der Waals surface area contributed by atoms with Gasteiger partial charge in [-0.2, -0.15) is 0 Å². The maximum absolute atomic E-state index is 11.6. The fraction of sp³-hybridized carbons (Fsp3) is 0.0714. The second-order valence-electron chi connectivity index (χ2n) is 3.68. The summed E-state index contributed by atoms with van der Waals surface area (Å²) in [5.41, 5.74) is 1.08. The van der Waals surface area contributed by atoms with E-state index in [0.717, 1.165) is 9.33 Å². The number of halogens is 1. The predicted molar refractivity (Wildman–Crippen MR) is 78.7 cm³/mol. The van der Waals surface area contributed by atoms with Crippen LogP contribution in [0.15, 0.2) is 53.0 Å². The Morgan fingerprint density at radius 2 is 2.00 bits per heavy atom. The highest BCUT2D eigenvalue weighted by Crippen LogP contribution is 2.11. The van der Waals surface area contributed by atoms with Gasteiger partial charge in [0.05, 0.1) is 0 Å². The molecule has 0 saturated heterocycles. The Bertz CT molecular complexity index is 546. The molecule has 1 aromatic heterocycles. The lowest BCUT2D eigenvalue weighted by Crippen LogP contribution is -2.20. The van der Waals surface area contributed by atoms with E-state index in [9.17, 15) is 4.79 Å². The highest BCUT2D eigenvalue weighted by molar-refractivity contribution is 14.1. The number of rotatable bonds is 4. The summed E-state index contributed by atoms with van der Waals surface area (Å²) in [7, 11) is 0. The van der Waals surface area contributed by atoms with Crippen molar-refractivity contribution in [1.82, 2.24) is 5.32 Å². The first-order valence-electron chi connectivity index (χ1n) is 5.49. The third-order valence-corrected chi connectivity index (χ3v) is 2.88. The topological polar surface area (TPSA) is 42.2 Å². The average Bonchev–Trinajstić information content (AvgIpc) is 2.81. The van der Waals surface area contributed by atoms with E-state index in [0.29, 0.717) is 12.3 Å². The van der Waals surface area contributed by atoms with Crippen molar-refractivity contribution in [2.45, 2.75) is 6.54 Å². The Hall–Kier alpha value is -1.56. The molecule has 1 amide bonds. The van der Waals surface area contributed by atoms with E-state index in [4.69, 9.17) is 4.42 Å². The quantitative estimate of drug-likeness (QED) is 0.678. The molecule has 18 heavy (non-hydrogen) atoms. The minimum Gasteiger partial charge on any atom is -0.451 e. The van der Waals surface area contributed by atoms with Gasteiger partial charge in [-0.05, 0) is 46.4 Å². The minimum atomic E-state index is -0.134. The molecule has 0 fully saturated rings. The van der Waals surface area contributed by atoms with Crippen LogP contribution in [-0.2, 0) is 11.3 Å². The van der Waals surface area contributed by atoms with E-state index in [1.807, 2.05) is 42.5 Å². The molecule has 0 saturated carbocycles. The molecule has 2 rings (SSSR count). The Kier molecular flexibility index (Phi) is 4.58. The van der Waals surface area contributed by atoms with Crippen molar-refractivity contribution in [3.63, 3.8) is 0 Å². The summed E-state index contributed by atoms with van der Waals surface area (Å²) in [6.45, 7) is 0.527. The second-order valence-corrected chi connectivity index (χ2v) is 4.74. The molecular weight excluding hydrogens is 341 g/mol. The van der Waals surface area contributed by atoms with Crippen LogP contribution in [0.3, 0.4) is 0 Å². The minimum absolute atomic E-state index is 0.134. The van der Waals surface area contributed by atoms with E-state index in [-0.39, 0.29) is 5.91 Å². The lowest BCUT2D eigenvalue weighted by molar-refractivity contribution is -0.116. The number of hydrogen-bond donors (Lipinski definition) is 1. The van der Waals surface area contributed by atoms with Crippen LogP contribution in [0.2, 0.25) is 0 Å². The van der Waals surface area contributed by atoms with Crippen LogP contribution in [0.25, 0.3) is 6.08 Å². The number of carbonyl (C=O) groups excluding carboxylic acids is 1. The lowest BCUT2D eigenvalue weighted by Gasteiger charge is -2.01. The van der Waals surface area contributed by atoms with Gasteiger partial charge in [0.15, 0.2) is 3.77 Å². The lowest BCUT2D eigenvalue weighted by atomic mass is 10.2. The maximum atomic E-state index is 11.6. The van der Waals surface area contributed by atoms with Gasteiger partial charge in [0.1, 0.15) is 5.76 Å². The molecule has 0 radical (unpaired) electrons. The maximum Gasteiger partial charge on any atom is 0.244 e. The molecular formula is C14H12INO2. The second kappa shape index (κ2) is 6.39. The number of furan rings is 1. The molecule has 2 aromatic rings. The molecule has 0 atom stereocenters. The van der Waals surface area contributed by atoms with Crippen molar-refractivity contribution in [2.75, 3.05) is 0 Å². The summed E-state index contributed by atoms with van der Waals surface area (Å²) < 4.78 is 6.12. The first kappa shape index (κ1) is 12.9. The van der Waals surface area contributed by atoms with Gasteiger partial charge in [-0.15, -0.1) is 0 Å². The Balaban J connectivity index is 1.84. The summed E-state index contributed by atoms with van der Waals surface area (Å²) in [5.74, 6) is 0.541. The third kappa shape index (κ3) is 4.03. The van der Waals surface area contributed by atoms with Crippen molar-refractivity contribution >= 4 is 34.6 Å². The molecule has 1 N–H and O–H groups in total. The predicted octanol–water partition coefficient (Wildman–Crippen LogP) is 3.21.